The van der Waals surface area contributed by atoms with Gasteiger partial charge in [0.15, 0.2) is 0 Å². The molecule has 0 unspecified atom stereocenters. The summed E-state index contributed by atoms with van der Waals surface area (Å²) >= 11 is 0. The number of benzene rings is 2. The van der Waals surface area contributed by atoms with E-state index >= 15 is 0 Å². The van der Waals surface area contributed by atoms with E-state index in [4.69, 9.17) is 4.98 Å². The fourth-order valence-corrected chi connectivity index (χ4v) is 3.71. The second-order valence-corrected chi connectivity index (χ2v) is 6.83. The highest BCUT2D eigenvalue weighted by Crippen LogP contribution is 2.28. The number of nitrogens with zero attached hydrogens (tertiary/aromatic N) is 6. The Morgan fingerprint density at radius 3 is 2.25 bits per heavy atom. The maximum atomic E-state index is 4.93. The molecule has 2 aromatic carbocycles. The first-order valence-electron chi connectivity index (χ1n) is 9.44. The molecule has 0 saturated carbocycles. The van der Waals surface area contributed by atoms with Crippen LogP contribution in [0.1, 0.15) is 0 Å². The Labute approximate surface area is 163 Å². The molecule has 28 heavy (non-hydrogen) atoms. The summed E-state index contributed by atoms with van der Waals surface area (Å²) in [6.07, 6.45) is 8.96. The molecule has 1 fully saturated rings. The van der Waals surface area contributed by atoms with Crippen LogP contribution in [0.4, 0.5) is 11.6 Å². The Morgan fingerprint density at radius 1 is 0.679 bits per heavy atom. The predicted molar refractivity (Wildman–Crippen MR) is 111 cm³/mol. The van der Waals surface area contributed by atoms with Gasteiger partial charge in [0.2, 0.25) is 0 Å². The highest BCUT2D eigenvalue weighted by Gasteiger charge is 2.20. The van der Waals surface area contributed by atoms with Crippen LogP contribution >= 0.6 is 0 Å². The van der Waals surface area contributed by atoms with Gasteiger partial charge >= 0.3 is 0 Å². The van der Waals surface area contributed by atoms with E-state index in [9.17, 15) is 0 Å². The molecule has 6 nitrogen and oxygen atoms in total. The number of aromatic nitrogens is 4. The summed E-state index contributed by atoms with van der Waals surface area (Å²) in [5, 5.41) is 2.41. The maximum absolute atomic E-state index is 4.93. The summed E-state index contributed by atoms with van der Waals surface area (Å²) in [6, 6.07) is 14.7. The third kappa shape index (κ3) is 3.13. The lowest BCUT2D eigenvalue weighted by atomic mass is 10.0. The van der Waals surface area contributed by atoms with Crippen molar-refractivity contribution in [3.05, 3.63) is 73.4 Å². The standard InChI is InChI=1S/C22H20N6/c1-2-6-18-17(4-1)5-3-7-19(18)20-14-24-16-22(26-20)28-12-10-27(11-13-28)21-15-23-8-9-25-21/h1-9,14-16H,10-13H2. The van der Waals surface area contributed by atoms with Gasteiger partial charge in [0.25, 0.3) is 0 Å². The second-order valence-electron chi connectivity index (χ2n) is 6.83. The number of rotatable bonds is 3. The molecule has 4 aromatic rings. The first-order valence-corrected chi connectivity index (χ1v) is 9.44. The fraction of sp³-hybridized carbons (Fsp3) is 0.182. The molecule has 5 rings (SSSR count). The smallest absolute Gasteiger partial charge is 0.147 e. The summed E-state index contributed by atoms with van der Waals surface area (Å²) in [4.78, 5) is 22.5. The molecular formula is C22H20N6. The third-order valence-corrected chi connectivity index (χ3v) is 5.16. The Morgan fingerprint density at radius 2 is 1.43 bits per heavy atom. The Balaban J connectivity index is 1.39. The minimum Gasteiger partial charge on any atom is -0.352 e. The average Bonchev–Trinajstić information content (AvgIpc) is 2.79. The molecule has 6 heteroatoms. The van der Waals surface area contributed by atoms with Crippen molar-refractivity contribution in [3.63, 3.8) is 0 Å². The van der Waals surface area contributed by atoms with Crippen molar-refractivity contribution < 1.29 is 0 Å². The Bertz CT molecular complexity index is 1080. The van der Waals surface area contributed by atoms with Crippen LogP contribution in [0.2, 0.25) is 0 Å². The topological polar surface area (TPSA) is 58.0 Å². The van der Waals surface area contributed by atoms with Crippen molar-refractivity contribution in [2.24, 2.45) is 0 Å². The van der Waals surface area contributed by atoms with Gasteiger partial charge in [-0.15, -0.1) is 0 Å². The van der Waals surface area contributed by atoms with E-state index in [1.807, 2.05) is 18.6 Å². The number of anilines is 2. The highest BCUT2D eigenvalue weighted by atomic mass is 15.3. The van der Waals surface area contributed by atoms with Crippen molar-refractivity contribution in [3.8, 4) is 11.3 Å². The van der Waals surface area contributed by atoms with E-state index in [0.717, 1.165) is 49.1 Å². The summed E-state index contributed by atoms with van der Waals surface area (Å²) in [7, 11) is 0. The van der Waals surface area contributed by atoms with Gasteiger partial charge in [-0.2, -0.15) is 0 Å². The van der Waals surface area contributed by atoms with Crippen molar-refractivity contribution in [2.45, 2.75) is 0 Å². The minimum absolute atomic E-state index is 0.879. The quantitative estimate of drug-likeness (QED) is 0.552. The zero-order valence-corrected chi connectivity index (χ0v) is 15.4. The van der Waals surface area contributed by atoms with E-state index in [2.05, 4.69) is 67.2 Å². The van der Waals surface area contributed by atoms with Crippen LogP contribution in [0.5, 0.6) is 0 Å². The molecule has 0 atom stereocenters. The minimum atomic E-state index is 0.879. The first kappa shape index (κ1) is 16.6. The molecule has 0 amide bonds. The van der Waals surface area contributed by atoms with Crippen molar-refractivity contribution >= 4 is 22.4 Å². The van der Waals surface area contributed by atoms with Gasteiger partial charge in [-0.1, -0.05) is 42.5 Å². The molecule has 2 aromatic heterocycles. The molecule has 138 valence electrons. The van der Waals surface area contributed by atoms with Gasteiger partial charge < -0.3 is 9.80 Å². The summed E-state index contributed by atoms with van der Waals surface area (Å²) < 4.78 is 0. The molecule has 0 bridgehead atoms. The predicted octanol–water partition coefficient (Wildman–Crippen LogP) is 3.41. The van der Waals surface area contributed by atoms with Crippen LogP contribution in [0.15, 0.2) is 73.4 Å². The van der Waals surface area contributed by atoms with E-state index in [1.54, 1.807) is 12.4 Å². The third-order valence-electron chi connectivity index (χ3n) is 5.16. The first-order chi connectivity index (χ1) is 13.9. The number of hydrogen-bond acceptors (Lipinski definition) is 6. The van der Waals surface area contributed by atoms with Crippen molar-refractivity contribution in [1.82, 2.24) is 19.9 Å². The molecule has 1 aliphatic heterocycles. The van der Waals surface area contributed by atoms with Crippen molar-refractivity contribution in [1.29, 1.82) is 0 Å². The molecule has 0 radical (unpaired) electrons. The largest absolute Gasteiger partial charge is 0.352 e. The van der Waals surface area contributed by atoms with Crippen LogP contribution in [0.3, 0.4) is 0 Å². The van der Waals surface area contributed by atoms with Crippen LogP contribution < -0.4 is 9.80 Å². The normalized spacial score (nSPS) is 14.4. The molecule has 0 aliphatic carbocycles. The van der Waals surface area contributed by atoms with Gasteiger partial charge in [-0.3, -0.25) is 9.97 Å². The van der Waals surface area contributed by atoms with Crippen LogP contribution in [-0.4, -0.2) is 46.1 Å². The molecule has 1 aliphatic rings. The zero-order chi connectivity index (χ0) is 18.8. The van der Waals surface area contributed by atoms with Gasteiger partial charge in [-0.25, -0.2) is 9.97 Å². The Kier molecular flexibility index (Phi) is 4.29. The molecule has 1 saturated heterocycles. The fourth-order valence-electron chi connectivity index (χ4n) is 3.71. The van der Waals surface area contributed by atoms with Gasteiger partial charge in [0.05, 0.1) is 24.3 Å². The van der Waals surface area contributed by atoms with Crippen LogP contribution in [-0.2, 0) is 0 Å². The van der Waals surface area contributed by atoms with E-state index in [0.29, 0.717) is 0 Å². The van der Waals surface area contributed by atoms with Gasteiger partial charge in [0, 0.05) is 44.1 Å². The summed E-state index contributed by atoms with van der Waals surface area (Å²) in [6.45, 7) is 3.53. The molecule has 0 N–H and O–H groups in total. The Hall–Kier alpha value is -3.54. The highest BCUT2D eigenvalue weighted by molar-refractivity contribution is 5.95. The average molecular weight is 368 g/mol. The SMILES string of the molecule is c1ccc2c(-c3cncc(N4CCN(c5cnccn5)CC4)n3)cccc2c1. The van der Waals surface area contributed by atoms with Gasteiger partial charge in [0.1, 0.15) is 11.6 Å². The van der Waals surface area contributed by atoms with Crippen LogP contribution in [0.25, 0.3) is 22.0 Å². The number of fused-ring (bicyclic) bond motifs is 1. The lowest BCUT2D eigenvalue weighted by molar-refractivity contribution is 0.640. The van der Waals surface area contributed by atoms with Crippen LogP contribution in [0, 0.1) is 0 Å². The zero-order valence-electron chi connectivity index (χ0n) is 15.4. The number of piperazine rings is 1. The van der Waals surface area contributed by atoms with Gasteiger partial charge in [-0.05, 0) is 10.8 Å². The van der Waals surface area contributed by atoms with E-state index in [1.165, 1.54) is 10.8 Å². The molecular weight excluding hydrogens is 348 g/mol. The lowest BCUT2D eigenvalue weighted by Crippen LogP contribution is -2.47. The van der Waals surface area contributed by atoms with Crippen molar-refractivity contribution in [2.75, 3.05) is 36.0 Å². The second kappa shape index (κ2) is 7.23. The summed E-state index contributed by atoms with van der Waals surface area (Å²) in [5.41, 5.74) is 2.02. The van der Waals surface area contributed by atoms with E-state index < -0.39 is 0 Å². The number of hydrogen-bond donors (Lipinski definition) is 0. The van der Waals surface area contributed by atoms with E-state index in [-0.39, 0.29) is 0 Å². The maximum Gasteiger partial charge on any atom is 0.147 e. The monoisotopic (exact) mass is 368 g/mol. The molecule has 3 heterocycles. The summed E-state index contributed by atoms with van der Waals surface area (Å²) in [5.74, 6) is 1.85. The lowest BCUT2D eigenvalue weighted by Gasteiger charge is -2.35. The molecule has 0 spiro atoms.